The fourth-order valence-corrected chi connectivity index (χ4v) is 3.26. The van der Waals surface area contributed by atoms with Crippen molar-refractivity contribution < 1.29 is 9.22 Å². The third kappa shape index (κ3) is 6.07. The van der Waals surface area contributed by atoms with Crippen molar-refractivity contribution in [3.05, 3.63) is 12.7 Å². The normalized spacial score (nSPS) is 15.2. The van der Waals surface area contributed by atoms with Gasteiger partial charge in [-0.25, -0.2) is 0 Å². The predicted molar refractivity (Wildman–Crippen MR) is 89.1 cm³/mol. The van der Waals surface area contributed by atoms with Crippen LogP contribution in [0.25, 0.3) is 0 Å². The first-order valence-electron chi connectivity index (χ1n) is 7.37. The van der Waals surface area contributed by atoms with Gasteiger partial charge in [-0.2, -0.15) is 0 Å². The first-order valence-corrected chi connectivity index (χ1v) is 10.3. The first kappa shape index (κ1) is 19.1. The van der Waals surface area contributed by atoms with Gasteiger partial charge in [-0.1, -0.05) is 26.8 Å². The molecule has 0 unspecified atom stereocenters. The molecule has 0 radical (unpaired) electrons. The summed E-state index contributed by atoms with van der Waals surface area (Å²) < 4.78 is 6.49. The molecule has 2 nitrogen and oxygen atoms in total. The van der Waals surface area contributed by atoms with Crippen molar-refractivity contribution in [1.29, 1.82) is 0 Å². The van der Waals surface area contributed by atoms with E-state index in [0.29, 0.717) is 6.42 Å². The number of terminal acetylenes is 1. The molecule has 114 valence electrons. The second-order valence-electron chi connectivity index (χ2n) is 6.80. The Balaban J connectivity index is 4.99. The Labute approximate surface area is 126 Å². The van der Waals surface area contributed by atoms with Crippen LogP contribution in [0, 0.1) is 18.3 Å². The highest BCUT2D eigenvalue weighted by Crippen LogP contribution is 2.39. The van der Waals surface area contributed by atoms with Crippen LogP contribution in [0.1, 0.15) is 46.5 Å². The summed E-state index contributed by atoms with van der Waals surface area (Å²) in [4.78, 5) is 10.7. The lowest BCUT2D eigenvalue weighted by Gasteiger charge is -2.41. The number of carbonyl (C=O) groups is 1. The van der Waals surface area contributed by atoms with E-state index in [-0.39, 0.29) is 17.1 Å². The molecule has 0 heterocycles. The molecule has 0 N–H and O–H groups in total. The van der Waals surface area contributed by atoms with Crippen molar-refractivity contribution in [3.8, 4) is 12.3 Å². The fourth-order valence-electron chi connectivity index (χ4n) is 1.85. The summed E-state index contributed by atoms with van der Waals surface area (Å²) in [7, 11) is -1.85. The van der Waals surface area contributed by atoms with E-state index in [1.165, 1.54) is 0 Å². The summed E-state index contributed by atoms with van der Waals surface area (Å²) in [5.74, 6) is 2.90. The van der Waals surface area contributed by atoms with Gasteiger partial charge in [-0.05, 0) is 31.0 Å². The molecule has 0 aliphatic heterocycles. The van der Waals surface area contributed by atoms with Crippen molar-refractivity contribution in [2.75, 3.05) is 0 Å². The van der Waals surface area contributed by atoms with Gasteiger partial charge in [0.2, 0.25) is 0 Å². The maximum atomic E-state index is 10.7. The monoisotopic (exact) mass is 294 g/mol. The molecule has 0 saturated heterocycles. The molecule has 2 atom stereocenters. The van der Waals surface area contributed by atoms with E-state index >= 15 is 0 Å². The van der Waals surface area contributed by atoms with Crippen LogP contribution in [0.4, 0.5) is 0 Å². The van der Waals surface area contributed by atoms with Gasteiger partial charge in [-0.3, -0.25) is 0 Å². The Morgan fingerprint density at radius 3 is 2.35 bits per heavy atom. The van der Waals surface area contributed by atoms with E-state index in [0.717, 1.165) is 25.5 Å². The lowest BCUT2D eigenvalue weighted by atomic mass is 9.94. The van der Waals surface area contributed by atoms with E-state index in [9.17, 15) is 4.79 Å². The Bertz CT molecular complexity index is 347. The van der Waals surface area contributed by atoms with Crippen molar-refractivity contribution in [1.82, 2.24) is 0 Å². The smallest absolute Gasteiger partial charge is 0.192 e. The van der Waals surface area contributed by atoms with E-state index in [2.05, 4.69) is 46.4 Å². The lowest BCUT2D eigenvalue weighted by molar-refractivity contribution is -0.108. The van der Waals surface area contributed by atoms with Gasteiger partial charge < -0.3 is 9.22 Å². The van der Waals surface area contributed by atoms with Gasteiger partial charge in [-0.15, -0.1) is 18.9 Å². The molecule has 0 bridgehead atoms. The van der Waals surface area contributed by atoms with E-state index in [1.807, 2.05) is 6.08 Å². The number of hydrogen-bond donors (Lipinski definition) is 0. The average Bonchev–Trinajstić information content (AvgIpc) is 2.34. The largest absolute Gasteiger partial charge is 0.413 e. The zero-order chi connectivity index (χ0) is 15.8. The molecule has 0 aromatic carbocycles. The Morgan fingerprint density at radius 1 is 1.35 bits per heavy atom. The van der Waals surface area contributed by atoms with Gasteiger partial charge in [0, 0.05) is 18.8 Å². The summed E-state index contributed by atoms with van der Waals surface area (Å²) in [6.45, 7) is 15.1. The molecule has 0 aromatic rings. The van der Waals surface area contributed by atoms with Gasteiger partial charge >= 0.3 is 0 Å². The van der Waals surface area contributed by atoms with E-state index in [4.69, 9.17) is 10.8 Å². The van der Waals surface area contributed by atoms with E-state index < -0.39 is 8.32 Å². The lowest BCUT2D eigenvalue weighted by Crippen LogP contribution is -2.45. The van der Waals surface area contributed by atoms with Crippen molar-refractivity contribution >= 4 is 14.6 Å². The van der Waals surface area contributed by atoms with Crippen LogP contribution in [-0.4, -0.2) is 20.7 Å². The minimum absolute atomic E-state index is 0.0481. The predicted octanol–water partition coefficient (Wildman–Crippen LogP) is 4.57. The second kappa shape index (κ2) is 8.44. The molecular weight excluding hydrogens is 264 g/mol. The summed E-state index contributed by atoms with van der Waals surface area (Å²) in [5, 5.41) is 0.157. The first-order chi connectivity index (χ1) is 9.19. The van der Waals surface area contributed by atoms with Crippen molar-refractivity contribution in [3.63, 3.8) is 0 Å². The van der Waals surface area contributed by atoms with Crippen LogP contribution in [0.3, 0.4) is 0 Å². The van der Waals surface area contributed by atoms with Crippen LogP contribution in [0.2, 0.25) is 18.1 Å². The minimum atomic E-state index is -1.85. The van der Waals surface area contributed by atoms with Gasteiger partial charge in [0.15, 0.2) is 8.32 Å². The van der Waals surface area contributed by atoms with Crippen LogP contribution in [0.15, 0.2) is 12.7 Å². The summed E-state index contributed by atoms with van der Waals surface area (Å²) in [6, 6.07) is 0. The quantitative estimate of drug-likeness (QED) is 0.269. The maximum Gasteiger partial charge on any atom is 0.192 e. The highest BCUT2D eigenvalue weighted by molar-refractivity contribution is 6.74. The van der Waals surface area contributed by atoms with Crippen LogP contribution in [0.5, 0.6) is 0 Å². The molecule has 0 aliphatic carbocycles. The highest BCUT2D eigenvalue weighted by atomic mass is 28.4. The number of carbonyl (C=O) groups excluding carboxylic acids is 1. The van der Waals surface area contributed by atoms with Crippen LogP contribution in [-0.2, 0) is 9.22 Å². The molecule has 0 spiro atoms. The van der Waals surface area contributed by atoms with Gasteiger partial charge in [0.05, 0.1) is 6.10 Å². The van der Waals surface area contributed by atoms with Gasteiger partial charge in [0.25, 0.3) is 0 Å². The minimum Gasteiger partial charge on any atom is -0.413 e. The number of rotatable bonds is 9. The average molecular weight is 295 g/mol. The zero-order valence-corrected chi connectivity index (χ0v) is 14.7. The highest BCUT2D eigenvalue weighted by Gasteiger charge is 2.40. The molecule has 0 saturated carbocycles. The molecule has 3 heteroatoms. The molecular formula is C17H30O2Si. The van der Waals surface area contributed by atoms with Crippen molar-refractivity contribution in [2.24, 2.45) is 5.92 Å². The SMILES string of the molecule is C#CCC[C@H](C=C)[C@@H](CCC=O)O[Si](C)(C)C(C)(C)C. The topological polar surface area (TPSA) is 26.3 Å². The Kier molecular flexibility index (Phi) is 8.08. The number of aldehydes is 1. The molecule has 0 fully saturated rings. The zero-order valence-electron chi connectivity index (χ0n) is 13.7. The van der Waals surface area contributed by atoms with Crippen molar-refractivity contribution in [2.45, 2.75) is 70.7 Å². The fraction of sp³-hybridized carbons (Fsp3) is 0.706. The summed E-state index contributed by atoms with van der Waals surface area (Å²) in [5.41, 5.74) is 0. The Hall–Kier alpha value is -0.853. The maximum absolute atomic E-state index is 10.7. The summed E-state index contributed by atoms with van der Waals surface area (Å²) in [6.07, 6.45) is 11.2. The molecule has 0 rings (SSSR count). The third-order valence-electron chi connectivity index (χ3n) is 4.22. The molecule has 20 heavy (non-hydrogen) atoms. The standard InChI is InChI=1S/C17H30O2Si/c1-8-10-12-15(9-2)16(13-11-14-18)19-20(6,7)17(3,4)5/h1,9,14-16H,2,10-13H2,3-7H3/t15-,16+/m0/s1. The molecule has 0 aromatic heterocycles. The Morgan fingerprint density at radius 2 is 1.95 bits per heavy atom. The van der Waals surface area contributed by atoms with Crippen LogP contribution < -0.4 is 0 Å². The molecule has 0 aliphatic rings. The summed E-state index contributed by atoms with van der Waals surface area (Å²) >= 11 is 0. The molecule has 0 amide bonds. The van der Waals surface area contributed by atoms with Gasteiger partial charge in [0.1, 0.15) is 6.29 Å². The van der Waals surface area contributed by atoms with Crippen LogP contribution >= 0.6 is 0 Å². The number of hydrogen-bond acceptors (Lipinski definition) is 2. The second-order valence-corrected chi connectivity index (χ2v) is 11.6. The van der Waals surface area contributed by atoms with E-state index in [1.54, 1.807) is 0 Å². The third-order valence-corrected chi connectivity index (χ3v) is 8.73.